The van der Waals surface area contributed by atoms with Crippen molar-refractivity contribution >= 4 is 5.97 Å². The van der Waals surface area contributed by atoms with Crippen molar-refractivity contribution in [3.63, 3.8) is 0 Å². The van der Waals surface area contributed by atoms with Gasteiger partial charge in [-0.25, -0.2) is 9.37 Å². The van der Waals surface area contributed by atoms with Crippen LogP contribution in [0.25, 0.3) is 0 Å². The number of nitrogens with zero attached hydrogens (tertiary/aromatic N) is 1. The van der Waals surface area contributed by atoms with Crippen LogP contribution >= 0.6 is 0 Å². The molecule has 1 aromatic rings. The summed E-state index contributed by atoms with van der Waals surface area (Å²) in [4.78, 5) is 13.9. The van der Waals surface area contributed by atoms with E-state index >= 15 is 0 Å². The van der Waals surface area contributed by atoms with Crippen LogP contribution in [0.1, 0.15) is 11.1 Å². The first-order valence-corrected chi connectivity index (χ1v) is 4.86. The number of pyridine rings is 1. The molecule has 0 amide bonds. The molecule has 1 heterocycles. The minimum Gasteiger partial charge on any atom is -0.495 e. The lowest BCUT2D eigenvalue weighted by Crippen LogP contribution is -2.20. The highest BCUT2D eigenvalue weighted by molar-refractivity contribution is 5.72. The van der Waals surface area contributed by atoms with Gasteiger partial charge in [-0.05, 0) is 0 Å². The third-order valence-electron chi connectivity index (χ3n) is 2.11. The molecule has 0 fully saturated rings. The van der Waals surface area contributed by atoms with Crippen LogP contribution < -0.4 is 9.47 Å². The van der Waals surface area contributed by atoms with Crippen LogP contribution in [0.2, 0.25) is 0 Å². The Labute approximate surface area is 104 Å². The van der Waals surface area contributed by atoms with Crippen LogP contribution in [0, 0.1) is 0 Å². The van der Waals surface area contributed by atoms with E-state index in [1.54, 1.807) is 0 Å². The minimum absolute atomic E-state index is 0.121. The third-order valence-corrected chi connectivity index (χ3v) is 2.11. The number of alkyl halides is 4. The maximum atomic E-state index is 12.9. The van der Waals surface area contributed by atoms with E-state index < -0.39 is 36.9 Å². The monoisotopic (exact) mass is 283 g/mol. The molecule has 0 aromatic carbocycles. The smallest absolute Gasteiger partial charge is 0.495 e. The Bertz CT molecular complexity index is 475. The Morgan fingerprint density at radius 2 is 2.05 bits per heavy atom. The molecule has 1 aromatic heterocycles. The molecule has 1 N–H and O–H groups in total. The number of ether oxygens (including phenoxy) is 2. The lowest BCUT2D eigenvalue weighted by atomic mass is 10.1. The SMILES string of the molecule is COc1cnc(OC(F)(F)F)c(CF)c1CC(=O)O. The standard InChI is InChI=1S/C10H9F4NO4/c1-18-7-4-15-9(19-10(12,13)14)6(3-11)5(7)2-8(16)17/h4H,2-3H2,1H3,(H,16,17). The minimum atomic E-state index is -5.05. The average molecular weight is 283 g/mol. The molecule has 5 nitrogen and oxygen atoms in total. The van der Waals surface area contributed by atoms with Gasteiger partial charge in [-0.1, -0.05) is 0 Å². The van der Waals surface area contributed by atoms with Gasteiger partial charge in [-0.3, -0.25) is 4.79 Å². The molecular formula is C10H9F4NO4. The molecule has 1 rings (SSSR count). The Kier molecular flexibility index (Phi) is 4.52. The summed E-state index contributed by atoms with van der Waals surface area (Å²) in [5.41, 5.74) is -0.842. The number of hydrogen-bond acceptors (Lipinski definition) is 4. The van der Waals surface area contributed by atoms with Crippen LogP contribution in [-0.4, -0.2) is 29.5 Å². The first-order valence-electron chi connectivity index (χ1n) is 4.86. The molecule has 9 heteroatoms. The van der Waals surface area contributed by atoms with Gasteiger partial charge >= 0.3 is 12.3 Å². The topological polar surface area (TPSA) is 68.7 Å². The van der Waals surface area contributed by atoms with Crippen LogP contribution in [-0.2, 0) is 17.9 Å². The summed E-state index contributed by atoms with van der Waals surface area (Å²) in [6.45, 7) is -1.36. The second kappa shape index (κ2) is 5.72. The van der Waals surface area contributed by atoms with E-state index in [9.17, 15) is 22.4 Å². The van der Waals surface area contributed by atoms with E-state index in [1.807, 2.05) is 0 Å². The lowest BCUT2D eigenvalue weighted by molar-refractivity contribution is -0.276. The summed E-state index contributed by atoms with van der Waals surface area (Å²) < 4.78 is 57.4. The molecule has 0 aliphatic rings. The highest BCUT2D eigenvalue weighted by atomic mass is 19.4. The number of aliphatic carboxylic acids is 1. The first kappa shape index (κ1) is 15.0. The van der Waals surface area contributed by atoms with Gasteiger partial charge in [-0.2, -0.15) is 0 Å². The highest BCUT2D eigenvalue weighted by Gasteiger charge is 2.34. The summed E-state index contributed by atoms with van der Waals surface area (Å²) in [5, 5.41) is 8.67. The van der Waals surface area contributed by atoms with Gasteiger partial charge in [0.15, 0.2) is 0 Å². The largest absolute Gasteiger partial charge is 0.574 e. The molecular weight excluding hydrogens is 274 g/mol. The Hall–Kier alpha value is -2.06. The van der Waals surface area contributed by atoms with Crippen molar-refractivity contribution in [2.75, 3.05) is 7.11 Å². The molecule has 106 valence electrons. The number of aromatic nitrogens is 1. The number of carboxylic acid groups (broad SMARTS) is 1. The molecule has 0 aliphatic heterocycles. The zero-order chi connectivity index (χ0) is 14.6. The number of methoxy groups -OCH3 is 1. The van der Waals surface area contributed by atoms with E-state index in [0.29, 0.717) is 0 Å². The number of carboxylic acids is 1. The summed E-state index contributed by atoms with van der Waals surface area (Å²) in [5.74, 6) is -2.49. The Balaban J connectivity index is 3.31. The van der Waals surface area contributed by atoms with Gasteiger partial charge in [-0.15, -0.1) is 13.2 Å². The van der Waals surface area contributed by atoms with Crippen molar-refractivity contribution in [1.29, 1.82) is 0 Å². The quantitative estimate of drug-likeness (QED) is 0.838. The van der Waals surface area contributed by atoms with Crippen molar-refractivity contribution in [1.82, 2.24) is 4.98 Å². The molecule has 0 bridgehead atoms. The van der Waals surface area contributed by atoms with Gasteiger partial charge in [0.05, 0.1) is 25.3 Å². The zero-order valence-corrected chi connectivity index (χ0v) is 9.62. The summed E-state index contributed by atoms with van der Waals surface area (Å²) in [6, 6.07) is 0. The van der Waals surface area contributed by atoms with Crippen molar-refractivity contribution in [2.24, 2.45) is 0 Å². The van der Waals surface area contributed by atoms with E-state index in [2.05, 4.69) is 9.72 Å². The second-order valence-corrected chi connectivity index (χ2v) is 3.34. The summed E-state index contributed by atoms with van der Waals surface area (Å²) >= 11 is 0. The number of halogens is 4. The fraction of sp³-hybridized carbons (Fsp3) is 0.400. The van der Waals surface area contributed by atoms with Gasteiger partial charge in [0, 0.05) is 5.56 Å². The summed E-state index contributed by atoms with van der Waals surface area (Å²) in [6.07, 6.45) is -4.91. The maximum Gasteiger partial charge on any atom is 0.574 e. The second-order valence-electron chi connectivity index (χ2n) is 3.34. The van der Waals surface area contributed by atoms with Crippen LogP contribution in [0.3, 0.4) is 0 Å². The van der Waals surface area contributed by atoms with Crippen LogP contribution in [0.15, 0.2) is 6.20 Å². The molecule has 0 unspecified atom stereocenters. The number of carbonyl (C=O) groups is 1. The van der Waals surface area contributed by atoms with Gasteiger partial charge in [0.2, 0.25) is 5.88 Å². The van der Waals surface area contributed by atoms with E-state index in [1.165, 1.54) is 0 Å². The normalized spacial score (nSPS) is 11.2. The molecule has 0 saturated carbocycles. The zero-order valence-electron chi connectivity index (χ0n) is 9.62. The average Bonchev–Trinajstić information content (AvgIpc) is 2.27. The van der Waals surface area contributed by atoms with Crippen molar-refractivity contribution in [3.8, 4) is 11.6 Å². The van der Waals surface area contributed by atoms with Crippen LogP contribution in [0.5, 0.6) is 11.6 Å². The number of rotatable bonds is 5. The van der Waals surface area contributed by atoms with E-state index in [0.717, 1.165) is 13.3 Å². The van der Waals surface area contributed by atoms with Crippen molar-refractivity contribution in [2.45, 2.75) is 19.5 Å². The van der Waals surface area contributed by atoms with Crippen molar-refractivity contribution in [3.05, 3.63) is 17.3 Å². The van der Waals surface area contributed by atoms with E-state index in [4.69, 9.17) is 9.84 Å². The fourth-order valence-electron chi connectivity index (χ4n) is 1.41. The van der Waals surface area contributed by atoms with Gasteiger partial charge in [0.1, 0.15) is 12.4 Å². The van der Waals surface area contributed by atoms with Crippen LogP contribution in [0.4, 0.5) is 17.6 Å². The van der Waals surface area contributed by atoms with Gasteiger partial charge in [0.25, 0.3) is 0 Å². The predicted molar refractivity (Wildman–Crippen MR) is 53.6 cm³/mol. The maximum absolute atomic E-state index is 12.9. The Morgan fingerprint density at radius 3 is 2.47 bits per heavy atom. The highest BCUT2D eigenvalue weighted by Crippen LogP contribution is 2.32. The molecule has 0 saturated heterocycles. The first-order chi connectivity index (χ1) is 8.78. The third kappa shape index (κ3) is 3.97. The van der Waals surface area contributed by atoms with Crippen molar-refractivity contribution < 1.29 is 36.9 Å². The molecule has 0 radical (unpaired) electrons. The molecule has 0 spiro atoms. The summed E-state index contributed by atoms with van der Waals surface area (Å²) in [7, 11) is 1.16. The molecule has 19 heavy (non-hydrogen) atoms. The molecule has 0 atom stereocenters. The van der Waals surface area contributed by atoms with Gasteiger partial charge < -0.3 is 14.6 Å². The Morgan fingerprint density at radius 1 is 1.42 bits per heavy atom. The molecule has 0 aliphatic carbocycles. The van der Waals surface area contributed by atoms with E-state index in [-0.39, 0.29) is 11.3 Å². The fourth-order valence-corrected chi connectivity index (χ4v) is 1.41. The lowest BCUT2D eigenvalue weighted by Gasteiger charge is -2.15. The predicted octanol–water partition coefficient (Wildman–Crippen LogP) is 2.09. The number of hydrogen-bond donors (Lipinski definition) is 1.